The summed E-state index contributed by atoms with van der Waals surface area (Å²) in [5.74, 6) is 0.674. The summed E-state index contributed by atoms with van der Waals surface area (Å²) in [5, 5.41) is 26.6. The second kappa shape index (κ2) is 9.07. The predicted octanol–water partition coefficient (Wildman–Crippen LogP) is 3.64. The fourth-order valence-electron chi connectivity index (χ4n) is 2.44. The average molecular weight is 401 g/mol. The minimum absolute atomic E-state index is 0.0368. The lowest BCUT2D eigenvalue weighted by molar-refractivity contribution is -0.383. The van der Waals surface area contributed by atoms with Crippen LogP contribution in [0.2, 0.25) is 5.02 Å². The molecule has 10 heteroatoms. The number of hydrogen-bond acceptors (Lipinski definition) is 8. The van der Waals surface area contributed by atoms with E-state index in [4.69, 9.17) is 16.7 Å². The van der Waals surface area contributed by atoms with Crippen LogP contribution in [0.3, 0.4) is 0 Å². The van der Waals surface area contributed by atoms with Gasteiger partial charge in [0.2, 0.25) is 5.95 Å². The van der Waals surface area contributed by atoms with Crippen LogP contribution in [0, 0.1) is 10.1 Å². The van der Waals surface area contributed by atoms with Gasteiger partial charge >= 0.3 is 0 Å². The molecule has 0 bridgehead atoms. The molecule has 0 atom stereocenters. The molecule has 0 aliphatic heterocycles. The Morgan fingerprint density at radius 1 is 1.21 bits per heavy atom. The van der Waals surface area contributed by atoms with Gasteiger partial charge in [0.1, 0.15) is 11.5 Å². The molecule has 9 nitrogen and oxygen atoms in total. The number of nitrogens with zero attached hydrogens (tertiary/aromatic N) is 4. The first-order chi connectivity index (χ1) is 13.6. The molecular weight excluding hydrogens is 384 g/mol. The molecule has 3 rings (SSSR count). The number of nitro groups is 1. The minimum Gasteiger partial charge on any atom is -0.396 e. The molecule has 2 heterocycles. The normalized spacial score (nSPS) is 10.5. The van der Waals surface area contributed by atoms with Crippen molar-refractivity contribution >= 4 is 34.7 Å². The highest BCUT2D eigenvalue weighted by atomic mass is 35.5. The summed E-state index contributed by atoms with van der Waals surface area (Å²) in [6, 6.07) is 9.54. The summed E-state index contributed by atoms with van der Waals surface area (Å²) in [7, 11) is 0. The third-order valence-electron chi connectivity index (χ3n) is 3.72. The number of nitro benzene ring substituents is 1. The van der Waals surface area contributed by atoms with Crippen molar-refractivity contribution in [2.24, 2.45) is 0 Å². The van der Waals surface area contributed by atoms with Crippen LogP contribution in [0.25, 0.3) is 11.3 Å². The van der Waals surface area contributed by atoms with Crippen molar-refractivity contribution in [1.82, 2.24) is 15.0 Å². The van der Waals surface area contributed by atoms with Crippen molar-refractivity contribution in [2.75, 3.05) is 23.8 Å². The molecule has 28 heavy (non-hydrogen) atoms. The van der Waals surface area contributed by atoms with Gasteiger partial charge in [0.15, 0.2) is 0 Å². The molecule has 0 spiro atoms. The van der Waals surface area contributed by atoms with E-state index in [9.17, 15) is 10.1 Å². The van der Waals surface area contributed by atoms with E-state index >= 15 is 0 Å². The average Bonchev–Trinajstić information content (AvgIpc) is 2.68. The van der Waals surface area contributed by atoms with E-state index in [1.807, 2.05) is 6.07 Å². The lowest BCUT2D eigenvalue weighted by atomic mass is 10.2. The zero-order chi connectivity index (χ0) is 19.9. The number of aliphatic hydroxyl groups is 1. The summed E-state index contributed by atoms with van der Waals surface area (Å²) in [6.45, 7) is 0.513. The van der Waals surface area contributed by atoms with Gasteiger partial charge in [-0.1, -0.05) is 11.6 Å². The molecule has 0 fully saturated rings. The Balaban J connectivity index is 1.99. The Morgan fingerprint density at radius 3 is 2.79 bits per heavy atom. The molecule has 0 unspecified atom stereocenters. The highest BCUT2D eigenvalue weighted by Gasteiger charge is 2.16. The van der Waals surface area contributed by atoms with E-state index in [0.717, 1.165) is 5.56 Å². The Labute approximate surface area is 165 Å². The summed E-state index contributed by atoms with van der Waals surface area (Å²) < 4.78 is 0. The maximum atomic E-state index is 11.3. The number of aliphatic hydroxyl groups excluding tert-OH is 1. The molecule has 0 amide bonds. The molecule has 0 radical (unpaired) electrons. The van der Waals surface area contributed by atoms with Gasteiger partial charge < -0.3 is 15.7 Å². The fourth-order valence-corrected chi connectivity index (χ4v) is 2.61. The zero-order valence-electron chi connectivity index (χ0n) is 14.7. The molecule has 0 saturated carbocycles. The number of rotatable bonds is 8. The number of pyridine rings is 1. The first-order valence-corrected chi connectivity index (χ1v) is 8.80. The maximum Gasteiger partial charge on any atom is 0.292 e. The van der Waals surface area contributed by atoms with Crippen molar-refractivity contribution in [3.8, 4) is 11.3 Å². The second-order valence-corrected chi connectivity index (χ2v) is 6.19. The Bertz CT molecular complexity index is 971. The Hall–Kier alpha value is -3.30. The largest absolute Gasteiger partial charge is 0.396 e. The van der Waals surface area contributed by atoms with Gasteiger partial charge in [-0.15, -0.1) is 0 Å². The number of nitrogens with one attached hydrogen (secondary N) is 2. The minimum atomic E-state index is -0.498. The summed E-state index contributed by atoms with van der Waals surface area (Å²) in [5.41, 5.74) is 1.44. The van der Waals surface area contributed by atoms with Gasteiger partial charge in [0.05, 0.1) is 10.6 Å². The molecule has 144 valence electrons. The monoisotopic (exact) mass is 400 g/mol. The van der Waals surface area contributed by atoms with Gasteiger partial charge in [0, 0.05) is 48.3 Å². The lowest BCUT2D eigenvalue weighted by Crippen LogP contribution is -2.09. The van der Waals surface area contributed by atoms with Gasteiger partial charge in [-0.25, -0.2) is 4.98 Å². The van der Waals surface area contributed by atoms with Crippen molar-refractivity contribution in [3.63, 3.8) is 0 Å². The van der Waals surface area contributed by atoms with Crippen LogP contribution >= 0.6 is 11.6 Å². The molecule has 3 aromatic rings. The number of benzene rings is 1. The maximum absolute atomic E-state index is 11.3. The third-order valence-corrected chi connectivity index (χ3v) is 3.95. The first-order valence-electron chi connectivity index (χ1n) is 8.42. The summed E-state index contributed by atoms with van der Waals surface area (Å²) >= 11 is 5.99. The second-order valence-electron chi connectivity index (χ2n) is 5.75. The quantitative estimate of drug-likeness (QED) is 0.297. The summed E-state index contributed by atoms with van der Waals surface area (Å²) in [4.78, 5) is 23.7. The van der Waals surface area contributed by atoms with Crippen molar-refractivity contribution in [2.45, 2.75) is 6.42 Å². The molecule has 2 aromatic heterocycles. The van der Waals surface area contributed by atoms with Gasteiger partial charge in [0.25, 0.3) is 5.69 Å². The van der Waals surface area contributed by atoms with Crippen LogP contribution < -0.4 is 10.6 Å². The molecular formula is C18H17ClN6O3. The van der Waals surface area contributed by atoms with E-state index in [1.165, 1.54) is 18.2 Å². The number of aromatic nitrogens is 3. The lowest BCUT2D eigenvalue weighted by Gasteiger charge is -2.11. The number of halogens is 1. The van der Waals surface area contributed by atoms with Crippen LogP contribution in [-0.4, -0.2) is 38.1 Å². The SMILES string of the molecule is O=[N+]([O-])c1ccc(Cl)cc1Nc1cc(-c2cccnc2)nc(NCCCO)n1. The van der Waals surface area contributed by atoms with E-state index in [2.05, 4.69) is 25.6 Å². The molecule has 0 aliphatic carbocycles. The van der Waals surface area contributed by atoms with Crippen LogP contribution in [0.1, 0.15) is 6.42 Å². The van der Waals surface area contributed by atoms with Gasteiger partial charge in [-0.2, -0.15) is 4.98 Å². The number of anilines is 3. The molecule has 3 N–H and O–H groups in total. The van der Waals surface area contributed by atoms with Crippen LogP contribution in [0.4, 0.5) is 23.1 Å². The first kappa shape index (κ1) is 19.5. The Morgan fingerprint density at radius 2 is 2.07 bits per heavy atom. The predicted molar refractivity (Wildman–Crippen MR) is 107 cm³/mol. The number of hydrogen-bond donors (Lipinski definition) is 3. The molecule has 0 aliphatic rings. The van der Waals surface area contributed by atoms with Crippen LogP contribution in [0.5, 0.6) is 0 Å². The highest BCUT2D eigenvalue weighted by Crippen LogP contribution is 2.31. The van der Waals surface area contributed by atoms with Crippen molar-refractivity contribution < 1.29 is 10.0 Å². The van der Waals surface area contributed by atoms with Crippen LogP contribution in [0.15, 0.2) is 48.8 Å². The summed E-state index contributed by atoms with van der Waals surface area (Å²) in [6.07, 6.45) is 3.84. The zero-order valence-corrected chi connectivity index (χ0v) is 15.4. The van der Waals surface area contributed by atoms with E-state index in [-0.39, 0.29) is 18.0 Å². The third kappa shape index (κ3) is 4.90. The molecule has 1 aromatic carbocycles. The van der Waals surface area contributed by atoms with Gasteiger partial charge in [-0.3, -0.25) is 15.1 Å². The smallest absolute Gasteiger partial charge is 0.292 e. The van der Waals surface area contributed by atoms with Crippen molar-refractivity contribution in [1.29, 1.82) is 0 Å². The van der Waals surface area contributed by atoms with Gasteiger partial charge in [-0.05, 0) is 30.7 Å². The van der Waals surface area contributed by atoms with E-state index < -0.39 is 4.92 Å². The fraction of sp³-hybridized carbons (Fsp3) is 0.167. The van der Waals surface area contributed by atoms with Crippen molar-refractivity contribution in [3.05, 3.63) is 63.9 Å². The topological polar surface area (TPSA) is 126 Å². The van der Waals surface area contributed by atoms with Crippen LogP contribution in [-0.2, 0) is 0 Å². The standard InChI is InChI=1S/C18H17ClN6O3/c19-13-4-5-16(25(27)28)15(9-13)22-17-10-14(12-3-1-6-20-11-12)23-18(24-17)21-7-2-8-26/h1,3-6,9-11,26H,2,7-8H2,(H2,21,22,23,24). The highest BCUT2D eigenvalue weighted by molar-refractivity contribution is 6.31. The van der Waals surface area contributed by atoms with E-state index in [0.29, 0.717) is 35.4 Å². The van der Waals surface area contributed by atoms with E-state index in [1.54, 1.807) is 24.5 Å². The molecule has 0 saturated heterocycles. The Kier molecular flexibility index (Phi) is 6.30.